The van der Waals surface area contributed by atoms with Crippen LogP contribution in [-0.2, 0) is 9.53 Å². The number of ether oxygens (including phenoxy) is 1. The quantitative estimate of drug-likeness (QED) is 0.374. The molecule has 2 nitrogen and oxygen atoms in total. The van der Waals surface area contributed by atoms with Crippen LogP contribution in [0.3, 0.4) is 0 Å². The molecule has 0 atom stereocenters. The van der Waals surface area contributed by atoms with Crippen molar-refractivity contribution in [3.05, 3.63) is 11.6 Å². The van der Waals surface area contributed by atoms with E-state index in [1.165, 1.54) is 0 Å². The largest absolute Gasteiger partial charge is 0.463 e. The second kappa shape index (κ2) is 6.16. The molecule has 0 radical (unpaired) electrons. The molecule has 0 aliphatic carbocycles. The first-order valence-electron chi connectivity index (χ1n) is 3.22. The molecule has 0 aromatic rings. The third kappa shape index (κ3) is 4.79. The second-order valence-electron chi connectivity index (χ2n) is 1.82. The summed E-state index contributed by atoms with van der Waals surface area (Å²) in [6.07, 6.45) is 1.08. The van der Waals surface area contributed by atoms with Crippen molar-refractivity contribution >= 4 is 17.6 Å². The fourth-order valence-electron chi connectivity index (χ4n) is 0.463. The minimum atomic E-state index is -0.706. The van der Waals surface area contributed by atoms with Crippen molar-refractivity contribution in [2.45, 2.75) is 6.92 Å². The van der Waals surface area contributed by atoms with Crippen LogP contribution in [0.5, 0.6) is 0 Å². The molecule has 0 heterocycles. The van der Waals surface area contributed by atoms with E-state index in [9.17, 15) is 9.18 Å². The Balaban J connectivity index is 3.93. The predicted molar refractivity (Wildman–Crippen MR) is 41.4 cm³/mol. The van der Waals surface area contributed by atoms with Crippen molar-refractivity contribution in [3.63, 3.8) is 0 Å². The molecule has 0 saturated heterocycles. The lowest BCUT2D eigenvalue weighted by molar-refractivity contribution is -0.137. The molecule has 64 valence electrons. The minimum absolute atomic E-state index is 0.0231. The summed E-state index contributed by atoms with van der Waals surface area (Å²) in [5, 5.41) is 0. The predicted octanol–water partition coefficient (Wildman–Crippen LogP) is 1.68. The molecule has 0 N–H and O–H groups in total. The maximum atomic E-state index is 11.9. The van der Waals surface area contributed by atoms with Crippen molar-refractivity contribution in [1.82, 2.24) is 0 Å². The van der Waals surface area contributed by atoms with E-state index >= 15 is 0 Å². The van der Waals surface area contributed by atoms with Gasteiger partial charge in [-0.3, -0.25) is 0 Å². The molecule has 0 fully saturated rings. The number of hydrogen-bond acceptors (Lipinski definition) is 2. The molecule has 0 aromatic carbocycles. The molecule has 0 rings (SSSR count). The monoisotopic (exact) mass is 180 g/mol. The highest BCUT2D eigenvalue weighted by Gasteiger charge is 1.99. The fourth-order valence-corrected chi connectivity index (χ4v) is 0.612. The van der Waals surface area contributed by atoms with Crippen LogP contribution in [0, 0.1) is 0 Å². The van der Waals surface area contributed by atoms with Gasteiger partial charge in [0.15, 0.2) is 0 Å². The smallest absolute Gasteiger partial charge is 0.330 e. The average molecular weight is 181 g/mol. The Hall–Kier alpha value is -0.570. The number of rotatable bonds is 4. The van der Waals surface area contributed by atoms with E-state index in [4.69, 9.17) is 11.6 Å². The van der Waals surface area contributed by atoms with Gasteiger partial charge in [0.25, 0.3) is 0 Å². The average Bonchev–Trinajstić information content (AvgIpc) is 2.01. The number of alkyl halides is 2. The molecular formula is C7H10ClFO2. The highest BCUT2D eigenvalue weighted by molar-refractivity contribution is 6.19. The van der Waals surface area contributed by atoms with Gasteiger partial charge in [-0.1, -0.05) is 0 Å². The summed E-state index contributed by atoms with van der Waals surface area (Å²) in [5.41, 5.74) is 0.241. The number of halogens is 2. The molecule has 0 aliphatic heterocycles. The number of carbonyl (C=O) groups excluding carboxylic acids is 1. The van der Waals surface area contributed by atoms with Crippen molar-refractivity contribution in [3.8, 4) is 0 Å². The van der Waals surface area contributed by atoms with Gasteiger partial charge >= 0.3 is 5.97 Å². The summed E-state index contributed by atoms with van der Waals surface area (Å²) < 4.78 is 16.4. The third-order valence-corrected chi connectivity index (χ3v) is 1.30. The Kier molecular flexibility index (Phi) is 5.84. The van der Waals surface area contributed by atoms with E-state index in [0.717, 1.165) is 6.08 Å². The molecule has 0 aliphatic rings. The van der Waals surface area contributed by atoms with E-state index in [0.29, 0.717) is 0 Å². The lowest BCUT2D eigenvalue weighted by Crippen LogP contribution is -2.02. The second-order valence-corrected chi connectivity index (χ2v) is 2.09. The molecule has 0 saturated carbocycles. The molecule has 0 unspecified atom stereocenters. The highest BCUT2D eigenvalue weighted by atomic mass is 35.5. The van der Waals surface area contributed by atoms with Gasteiger partial charge in [0.2, 0.25) is 0 Å². The highest BCUT2D eigenvalue weighted by Crippen LogP contribution is 1.99. The summed E-state index contributed by atoms with van der Waals surface area (Å²) >= 11 is 5.30. The summed E-state index contributed by atoms with van der Waals surface area (Å²) in [6.45, 7) is 1.26. The Labute approximate surface area is 70.0 Å². The molecule has 0 bridgehead atoms. The molecule has 0 spiro atoms. The van der Waals surface area contributed by atoms with Gasteiger partial charge in [-0.15, -0.1) is 11.6 Å². The van der Waals surface area contributed by atoms with Crippen molar-refractivity contribution in [2.24, 2.45) is 0 Å². The van der Waals surface area contributed by atoms with Crippen molar-refractivity contribution < 1.29 is 13.9 Å². The van der Waals surface area contributed by atoms with Crippen LogP contribution in [0.4, 0.5) is 4.39 Å². The SMILES string of the molecule is CCOC(=O)/C=C(\CF)CCl. The number of esters is 1. The van der Waals surface area contributed by atoms with E-state index < -0.39 is 12.6 Å². The number of carbonyl (C=O) groups is 1. The van der Waals surface area contributed by atoms with Crippen LogP contribution in [0.15, 0.2) is 11.6 Å². The summed E-state index contributed by atoms with van der Waals surface area (Å²) in [6, 6.07) is 0. The first kappa shape index (κ1) is 10.4. The van der Waals surface area contributed by atoms with Crippen LogP contribution < -0.4 is 0 Å². The van der Waals surface area contributed by atoms with Crippen LogP contribution in [0.1, 0.15) is 6.92 Å². The van der Waals surface area contributed by atoms with Gasteiger partial charge in [-0.05, 0) is 12.5 Å². The first-order chi connectivity index (χ1) is 5.24. The molecule has 0 amide bonds. The van der Waals surface area contributed by atoms with E-state index in [2.05, 4.69) is 4.74 Å². The fraction of sp³-hybridized carbons (Fsp3) is 0.571. The normalized spacial score (nSPS) is 11.4. The van der Waals surface area contributed by atoms with Crippen LogP contribution >= 0.6 is 11.6 Å². The maximum absolute atomic E-state index is 11.9. The number of allylic oxidation sites excluding steroid dienone is 1. The maximum Gasteiger partial charge on any atom is 0.330 e. The van der Waals surface area contributed by atoms with Gasteiger partial charge in [0, 0.05) is 12.0 Å². The van der Waals surface area contributed by atoms with Gasteiger partial charge in [-0.2, -0.15) is 0 Å². The standard InChI is InChI=1S/C7H10ClFO2/c1-2-11-7(10)3-6(4-8)5-9/h3H,2,4-5H2,1H3/b6-3-. The number of hydrogen-bond donors (Lipinski definition) is 0. The van der Waals surface area contributed by atoms with E-state index in [1.54, 1.807) is 6.92 Å². The van der Waals surface area contributed by atoms with Gasteiger partial charge in [-0.25, -0.2) is 9.18 Å². The van der Waals surface area contributed by atoms with E-state index in [1.807, 2.05) is 0 Å². The Bertz CT molecular complexity index is 151. The first-order valence-corrected chi connectivity index (χ1v) is 3.76. The van der Waals surface area contributed by atoms with Crippen molar-refractivity contribution in [2.75, 3.05) is 19.2 Å². The summed E-state index contributed by atoms with van der Waals surface area (Å²) in [4.78, 5) is 10.6. The lowest BCUT2D eigenvalue weighted by Gasteiger charge is -1.97. The van der Waals surface area contributed by atoms with Gasteiger partial charge in [0.1, 0.15) is 6.67 Å². The van der Waals surface area contributed by atoms with Crippen LogP contribution in [0.2, 0.25) is 0 Å². The Morgan fingerprint density at radius 1 is 1.73 bits per heavy atom. The van der Waals surface area contributed by atoms with E-state index in [-0.39, 0.29) is 18.1 Å². The third-order valence-electron chi connectivity index (χ3n) is 0.952. The topological polar surface area (TPSA) is 26.3 Å². The Morgan fingerprint density at radius 3 is 2.73 bits per heavy atom. The van der Waals surface area contributed by atoms with Gasteiger partial charge < -0.3 is 4.74 Å². The zero-order chi connectivity index (χ0) is 8.69. The zero-order valence-corrected chi connectivity index (χ0v) is 7.03. The van der Waals surface area contributed by atoms with Crippen LogP contribution in [-0.4, -0.2) is 25.1 Å². The zero-order valence-electron chi connectivity index (χ0n) is 6.27. The van der Waals surface area contributed by atoms with Crippen molar-refractivity contribution in [1.29, 1.82) is 0 Å². The molecule has 4 heteroatoms. The molecular weight excluding hydrogens is 171 g/mol. The summed E-state index contributed by atoms with van der Waals surface area (Å²) in [7, 11) is 0. The molecule has 11 heavy (non-hydrogen) atoms. The lowest BCUT2D eigenvalue weighted by atomic mass is 10.3. The van der Waals surface area contributed by atoms with Crippen LogP contribution in [0.25, 0.3) is 0 Å². The molecule has 0 aromatic heterocycles. The summed E-state index contributed by atoms with van der Waals surface area (Å²) in [5.74, 6) is -0.518. The minimum Gasteiger partial charge on any atom is -0.463 e. The Morgan fingerprint density at radius 2 is 2.36 bits per heavy atom. The van der Waals surface area contributed by atoms with Gasteiger partial charge in [0.05, 0.1) is 6.61 Å².